The van der Waals surface area contributed by atoms with E-state index in [1.807, 2.05) is 26.0 Å². The quantitative estimate of drug-likeness (QED) is 0.757. The minimum Gasteiger partial charge on any atom is -0.360 e. The van der Waals surface area contributed by atoms with Crippen molar-refractivity contribution in [3.8, 4) is 0 Å². The number of aryl methyl sites for hydroxylation is 1. The second kappa shape index (κ2) is 8.09. The molecule has 0 aromatic heterocycles. The van der Waals surface area contributed by atoms with Crippen molar-refractivity contribution in [2.75, 3.05) is 5.32 Å². The monoisotopic (exact) mass is 268 g/mol. The molecule has 1 aliphatic rings. The second-order valence-electron chi connectivity index (χ2n) is 4.45. The number of anilines is 1. The minimum absolute atomic E-state index is 0. The molecule has 0 spiro atoms. The van der Waals surface area contributed by atoms with Crippen LogP contribution >= 0.6 is 12.2 Å². The first-order valence-corrected chi connectivity index (χ1v) is 7.29. The number of hydrogen-bond donors (Lipinski definition) is 2. The average molecular weight is 268 g/mol. The minimum atomic E-state index is 0. The summed E-state index contributed by atoms with van der Waals surface area (Å²) < 4.78 is 0. The Bertz CT molecular complexity index is 380. The van der Waals surface area contributed by atoms with Gasteiger partial charge in [0.25, 0.3) is 0 Å². The Labute approximate surface area is 119 Å². The van der Waals surface area contributed by atoms with E-state index in [4.69, 9.17) is 12.2 Å². The van der Waals surface area contributed by atoms with Crippen LogP contribution in [0.2, 0.25) is 0 Å². The molecule has 1 aliphatic carbocycles. The lowest BCUT2D eigenvalue weighted by Crippen LogP contribution is -2.35. The summed E-state index contributed by atoms with van der Waals surface area (Å²) in [5.74, 6) is 0. The lowest BCUT2D eigenvalue weighted by molar-refractivity contribution is 0.634. The maximum atomic E-state index is 5.29. The average Bonchev–Trinajstić information content (AvgIpc) is 2.84. The van der Waals surface area contributed by atoms with Gasteiger partial charge >= 0.3 is 0 Å². The van der Waals surface area contributed by atoms with Crippen LogP contribution in [0.5, 0.6) is 0 Å². The molecule has 0 atom stereocenters. The van der Waals surface area contributed by atoms with Crippen molar-refractivity contribution in [3.05, 3.63) is 29.8 Å². The Kier molecular flexibility index (Phi) is 6.73. The first-order valence-electron chi connectivity index (χ1n) is 6.88. The number of thiocarbonyl (C=S) groups is 1. The van der Waals surface area contributed by atoms with Gasteiger partial charge in [0.1, 0.15) is 0 Å². The van der Waals surface area contributed by atoms with E-state index >= 15 is 0 Å². The van der Waals surface area contributed by atoms with Gasteiger partial charge in [-0.3, -0.25) is 0 Å². The highest BCUT2D eigenvalue weighted by atomic mass is 32.1. The molecule has 2 rings (SSSR count). The zero-order chi connectivity index (χ0) is 13.4. The highest BCUT2D eigenvalue weighted by Gasteiger charge is 2.15. The molecule has 1 aromatic carbocycles. The van der Waals surface area contributed by atoms with Crippen molar-refractivity contribution >= 4 is 23.0 Å². The van der Waals surface area contributed by atoms with E-state index in [2.05, 4.69) is 29.7 Å². The van der Waals surface area contributed by atoms with Crippen molar-refractivity contribution in [2.24, 2.45) is 0 Å². The largest absolute Gasteiger partial charge is 0.360 e. The highest BCUT2D eigenvalue weighted by molar-refractivity contribution is 7.80. The van der Waals surface area contributed by atoms with E-state index in [-0.39, 0.29) is 2.85 Å². The van der Waals surface area contributed by atoms with Crippen LogP contribution in [0.4, 0.5) is 5.69 Å². The number of benzene rings is 1. The molecule has 2 N–H and O–H groups in total. The van der Waals surface area contributed by atoms with Crippen LogP contribution in [0.3, 0.4) is 0 Å². The summed E-state index contributed by atoms with van der Waals surface area (Å²) in [4.78, 5) is 0. The molecule has 1 fully saturated rings. The van der Waals surface area contributed by atoms with E-state index < -0.39 is 0 Å². The fraction of sp³-hybridized carbons (Fsp3) is 0.533. The molecule has 0 saturated heterocycles. The zero-order valence-corrected chi connectivity index (χ0v) is 12.4. The molecule has 0 unspecified atom stereocenters. The SMILES string of the molecule is CC.Cc1cccc(NC(=S)NC2CCCC2)c1.[HH].[HH]. The Morgan fingerprint density at radius 2 is 1.94 bits per heavy atom. The third kappa shape index (κ3) is 5.05. The summed E-state index contributed by atoms with van der Waals surface area (Å²) in [6, 6.07) is 8.83. The lowest BCUT2D eigenvalue weighted by Gasteiger charge is -2.15. The van der Waals surface area contributed by atoms with Crippen molar-refractivity contribution in [1.29, 1.82) is 0 Å². The van der Waals surface area contributed by atoms with Crippen molar-refractivity contribution in [2.45, 2.75) is 52.5 Å². The number of nitrogens with one attached hydrogen (secondary N) is 2. The van der Waals surface area contributed by atoms with Gasteiger partial charge in [-0.1, -0.05) is 38.8 Å². The smallest absolute Gasteiger partial charge is 0.170 e. The van der Waals surface area contributed by atoms with Gasteiger partial charge in [-0.2, -0.15) is 0 Å². The Morgan fingerprint density at radius 1 is 1.28 bits per heavy atom. The van der Waals surface area contributed by atoms with E-state index in [1.54, 1.807) is 0 Å². The van der Waals surface area contributed by atoms with E-state index in [0.29, 0.717) is 6.04 Å². The van der Waals surface area contributed by atoms with E-state index in [1.165, 1.54) is 31.2 Å². The van der Waals surface area contributed by atoms with Crippen molar-refractivity contribution < 1.29 is 2.85 Å². The van der Waals surface area contributed by atoms with E-state index in [0.717, 1.165) is 10.8 Å². The van der Waals surface area contributed by atoms with Crippen molar-refractivity contribution in [3.63, 3.8) is 0 Å². The molecule has 3 heteroatoms. The Hall–Kier alpha value is -1.09. The Balaban J connectivity index is 0. The van der Waals surface area contributed by atoms with Crippen LogP contribution in [-0.2, 0) is 0 Å². The fourth-order valence-electron chi connectivity index (χ4n) is 2.15. The normalized spacial score (nSPS) is 14.6. The predicted octanol–water partition coefficient (Wildman–Crippen LogP) is 4.74. The van der Waals surface area contributed by atoms with Crippen molar-refractivity contribution in [1.82, 2.24) is 5.32 Å². The molecular formula is C15H28N2S. The first-order chi connectivity index (χ1) is 8.74. The third-order valence-electron chi connectivity index (χ3n) is 2.97. The Morgan fingerprint density at radius 3 is 2.56 bits per heavy atom. The molecule has 104 valence electrons. The van der Waals surface area contributed by atoms with Gasteiger partial charge in [0.05, 0.1) is 0 Å². The molecule has 0 aliphatic heterocycles. The molecular weight excluding hydrogens is 240 g/mol. The summed E-state index contributed by atoms with van der Waals surface area (Å²) >= 11 is 5.29. The summed E-state index contributed by atoms with van der Waals surface area (Å²) in [7, 11) is 0. The van der Waals surface area contributed by atoms with Gasteiger partial charge in [0, 0.05) is 14.6 Å². The topological polar surface area (TPSA) is 24.1 Å². The molecule has 0 amide bonds. The van der Waals surface area contributed by atoms with Gasteiger partial charge in [-0.15, -0.1) is 0 Å². The summed E-state index contributed by atoms with van der Waals surface area (Å²) in [6.45, 7) is 6.08. The van der Waals surface area contributed by atoms with Crippen LogP contribution < -0.4 is 10.6 Å². The summed E-state index contributed by atoms with van der Waals surface area (Å²) in [5, 5.41) is 7.34. The van der Waals surface area contributed by atoms with Crippen LogP contribution in [-0.4, -0.2) is 11.2 Å². The zero-order valence-electron chi connectivity index (χ0n) is 11.6. The van der Waals surface area contributed by atoms with Crippen LogP contribution in [0, 0.1) is 6.92 Å². The highest BCUT2D eigenvalue weighted by Crippen LogP contribution is 2.18. The second-order valence-corrected chi connectivity index (χ2v) is 4.86. The molecule has 2 nitrogen and oxygen atoms in total. The molecule has 1 aromatic rings. The summed E-state index contributed by atoms with van der Waals surface area (Å²) in [6.07, 6.45) is 5.14. The van der Waals surface area contributed by atoms with Gasteiger partial charge in [0.2, 0.25) is 0 Å². The van der Waals surface area contributed by atoms with Gasteiger partial charge in [-0.25, -0.2) is 0 Å². The third-order valence-corrected chi connectivity index (χ3v) is 3.19. The summed E-state index contributed by atoms with van der Waals surface area (Å²) in [5.41, 5.74) is 2.31. The van der Waals surface area contributed by atoms with Gasteiger partial charge < -0.3 is 10.6 Å². The first kappa shape index (κ1) is 15.0. The van der Waals surface area contributed by atoms with E-state index in [9.17, 15) is 0 Å². The van der Waals surface area contributed by atoms with Crippen LogP contribution in [0.15, 0.2) is 24.3 Å². The van der Waals surface area contributed by atoms with Gasteiger partial charge in [0.15, 0.2) is 5.11 Å². The molecule has 1 saturated carbocycles. The standard InChI is InChI=1S/C13H18N2S.C2H6.2H2/c1-10-5-4-8-12(9-10)15-13(16)14-11-6-2-3-7-11;1-2;;/h4-5,8-9,11H,2-3,6-7H2,1H3,(H2,14,15,16);1-2H3;2*1H. The molecule has 0 radical (unpaired) electrons. The number of rotatable bonds is 2. The van der Waals surface area contributed by atoms with Crippen LogP contribution in [0.1, 0.15) is 47.9 Å². The predicted molar refractivity (Wildman–Crippen MR) is 88.4 cm³/mol. The molecule has 0 heterocycles. The maximum Gasteiger partial charge on any atom is 0.170 e. The van der Waals surface area contributed by atoms with Crippen LogP contribution in [0.25, 0.3) is 0 Å². The number of hydrogen-bond acceptors (Lipinski definition) is 1. The molecule has 18 heavy (non-hydrogen) atoms. The van der Waals surface area contributed by atoms with Gasteiger partial charge in [-0.05, 0) is 49.7 Å². The molecule has 0 bridgehead atoms. The fourth-order valence-corrected chi connectivity index (χ4v) is 2.43. The lowest BCUT2D eigenvalue weighted by atomic mass is 10.2. The maximum absolute atomic E-state index is 5.29.